The molecule has 4 aromatic rings. The first kappa shape index (κ1) is 23.7. The molecule has 0 unspecified atom stereocenters. The zero-order valence-corrected chi connectivity index (χ0v) is 25.1. The maximum absolute atomic E-state index is 3.61. The van der Waals surface area contributed by atoms with Crippen LogP contribution in [-0.2, 0) is 17.1 Å². The normalized spacial score (nSPS) is 14.5. The average molecular weight is 642 g/mol. The van der Waals surface area contributed by atoms with E-state index in [2.05, 4.69) is 113 Å². The summed E-state index contributed by atoms with van der Waals surface area (Å²) >= 11 is -3.61. The minimum atomic E-state index is -3.61. The Kier molecular flexibility index (Phi) is 5.99. The first-order valence-electron chi connectivity index (χ1n) is 10.9. The summed E-state index contributed by atoms with van der Waals surface area (Å²) in [5.74, 6) is 0. The fourth-order valence-corrected chi connectivity index (χ4v) is 33.2. The van der Waals surface area contributed by atoms with Gasteiger partial charge in [0.2, 0.25) is 0 Å². The molecule has 0 spiro atoms. The van der Waals surface area contributed by atoms with Gasteiger partial charge in [-0.1, -0.05) is 0 Å². The summed E-state index contributed by atoms with van der Waals surface area (Å²) in [6.07, 6.45) is 0. The molecule has 0 nitrogen and oxygen atoms in total. The Labute approximate surface area is 205 Å². The number of halogens is 2. The molecule has 6 rings (SSSR count). The van der Waals surface area contributed by atoms with Crippen molar-refractivity contribution in [2.24, 2.45) is 0 Å². The quantitative estimate of drug-likeness (QED) is 0.197. The van der Waals surface area contributed by atoms with Crippen molar-refractivity contribution >= 4 is 31.8 Å². The molecule has 2 aliphatic carbocycles. The van der Waals surface area contributed by atoms with Gasteiger partial charge in [0.15, 0.2) is 0 Å². The van der Waals surface area contributed by atoms with Crippen molar-refractivity contribution in [2.75, 3.05) is 0 Å². The molecule has 0 atom stereocenters. The summed E-state index contributed by atoms with van der Waals surface area (Å²) in [5.41, 5.74) is 12.1. The van der Waals surface area contributed by atoms with Crippen LogP contribution < -0.4 is 0 Å². The van der Waals surface area contributed by atoms with E-state index < -0.39 is 17.1 Å². The molecule has 0 bridgehead atoms. The van der Waals surface area contributed by atoms with Crippen LogP contribution in [0.1, 0.15) is 29.6 Å². The van der Waals surface area contributed by atoms with Crippen LogP contribution in [-0.4, -0.2) is 6.94 Å². The average Bonchev–Trinajstić information content (AvgIpc) is 3.28. The molecule has 2 aliphatic rings. The van der Waals surface area contributed by atoms with Crippen LogP contribution >= 0.6 is 24.8 Å². The zero-order valence-electron chi connectivity index (χ0n) is 18.4. The number of hydrogen-bond donors (Lipinski definition) is 0. The second kappa shape index (κ2) is 8.09. The Balaban J connectivity index is 0.00000122. The fourth-order valence-electron chi connectivity index (χ4n) is 6.52. The van der Waals surface area contributed by atoms with E-state index in [1.54, 1.807) is 22.3 Å². The van der Waals surface area contributed by atoms with E-state index in [1.807, 2.05) is 0 Å². The van der Waals surface area contributed by atoms with Gasteiger partial charge < -0.3 is 0 Å². The summed E-state index contributed by atoms with van der Waals surface area (Å²) in [6, 6.07) is 36.7. The fraction of sp³-hybridized carbons (Fsp3) is 0.143. The van der Waals surface area contributed by atoms with Crippen molar-refractivity contribution in [1.29, 1.82) is 0 Å². The molecule has 0 saturated carbocycles. The van der Waals surface area contributed by atoms with Gasteiger partial charge >= 0.3 is 182 Å². The second-order valence-corrected chi connectivity index (χ2v) is 53.7. The van der Waals surface area contributed by atoms with Crippen molar-refractivity contribution in [2.45, 2.75) is 16.7 Å². The zero-order chi connectivity index (χ0) is 20.5. The molecule has 0 N–H and O–H groups in total. The van der Waals surface area contributed by atoms with Gasteiger partial charge in [0.1, 0.15) is 0 Å². The number of hydrogen-bond acceptors (Lipinski definition) is 0. The summed E-state index contributed by atoms with van der Waals surface area (Å²) in [5, 5.41) is 0. The molecule has 0 amide bonds. The van der Waals surface area contributed by atoms with Crippen LogP contribution in [0.25, 0.3) is 22.3 Å². The first-order valence-corrected chi connectivity index (χ1v) is 30.6. The van der Waals surface area contributed by atoms with E-state index in [9.17, 15) is 0 Å². The van der Waals surface area contributed by atoms with Crippen molar-refractivity contribution in [1.82, 2.24) is 0 Å². The summed E-state index contributed by atoms with van der Waals surface area (Å²) in [7, 11) is 0. The van der Waals surface area contributed by atoms with E-state index in [-0.39, 0.29) is 24.8 Å². The first-order chi connectivity index (χ1) is 14.5. The monoisotopic (exact) mass is 642 g/mol. The van der Waals surface area contributed by atoms with E-state index in [0.717, 1.165) is 0 Å². The molecule has 0 aromatic heterocycles. The number of benzene rings is 4. The van der Waals surface area contributed by atoms with E-state index >= 15 is 0 Å². The Morgan fingerprint density at radius 3 is 0.938 bits per heavy atom. The molecule has 0 saturated heterocycles. The molecule has 162 valence electrons. The topological polar surface area (TPSA) is 0 Å². The Morgan fingerprint density at radius 2 is 0.688 bits per heavy atom. The van der Waals surface area contributed by atoms with Gasteiger partial charge in [0.05, 0.1) is 0 Å². The van der Waals surface area contributed by atoms with Crippen LogP contribution in [0, 0.1) is 0 Å². The van der Waals surface area contributed by atoms with Crippen LogP contribution in [0.4, 0.5) is 0 Å². The third kappa shape index (κ3) is 3.18. The number of fused-ring (bicyclic) bond motifs is 6. The summed E-state index contributed by atoms with van der Waals surface area (Å²) < 4.78 is 6.56. The molecule has 0 radical (unpaired) electrons. The van der Waals surface area contributed by atoms with Crippen molar-refractivity contribution in [3.8, 4) is 22.3 Å². The SMILES string of the molecule is Cl.Cl.[CH3][Hf]([CH3])(=[SiH2])([CH]1c2ccccc2-c2ccccc21)[CH]1c2ccccc2-c2ccccc21. The molecule has 0 heterocycles. The Hall–Kier alpha value is -1.45. The summed E-state index contributed by atoms with van der Waals surface area (Å²) in [6.45, 7) is 2.43. The van der Waals surface area contributed by atoms with Crippen LogP contribution in [0.5, 0.6) is 0 Å². The van der Waals surface area contributed by atoms with Crippen molar-refractivity contribution in [3.63, 3.8) is 0 Å². The Bertz CT molecular complexity index is 1210. The summed E-state index contributed by atoms with van der Waals surface area (Å²) in [4.78, 5) is 0. The van der Waals surface area contributed by atoms with E-state index in [1.165, 1.54) is 22.3 Å². The van der Waals surface area contributed by atoms with Crippen LogP contribution in [0.15, 0.2) is 97.1 Å². The van der Waals surface area contributed by atoms with Gasteiger partial charge in [-0.15, -0.1) is 24.8 Å². The van der Waals surface area contributed by atoms with Gasteiger partial charge in [-0.25, -0.2) is 0 Å². The van der Waals surface area contributed by atoms with Gasteiger partial charge in [0.25, 0.3) is 0 Å². The molecule has 4 heteroatoms. The molecular weight excluding hydrogens is 614 g/mol. The maximum atomic E-state index is 2.72. The molecule has 4 aromatic carbocycles. The van der Waals surface area contributed by atoms with Gasteiger partial charge in [-0.05, 0) is 0 Å². The van der Waals surface area contributed by atoms with Crippen LogP contribution in [0.2, 0.25) is 9.36 Å². The predicted molar refractivity (Wildman–Crippen MR) is 142 cm³/mol. The molecular formula is C28H28Cl2HfSi. The van der Waals surface area contributed by atoms with E-state index in [0.29, 0.717) is 7.35 Å². The van der Waals surface area contributed by atoms with Crippen molar-refractivity contribution < 1.29 is 17.1 Å². The standard InChI is InChI=1S/2C13H9.2CH3.2ClH.Hf.H2Si/c2*1-3-7-12-10(5-1)9-11-6-2-4-8-13(11)12;;;;;;/h2*1-9H;2*1H3;2*1H;;1H2. The second-order valence-electron chi connectivity index (χ2n) is 10.2. The molecule has 32 heavy (non-hydrogen) atoms. The minimum absolute atomic E-state index is 0. The van der Waals surface area contributed by atoms with Gasteiger partial charge in [-0.2, -0.15) is 0 Å². The Morgan fingerprint density at radius 1 is 0.469 bits per heavy atom. The van der Waals surface area contributed by atoms with Crippen molar-refractivity contribution in [3.05, 3.63) is 119 Å². The van der Waals surface area contributed by atoms with E-state index in [4.69, 9.17) is 0 Å². The predicted octanol–water partition coefficient (Wildman–Crippen LogP) is 7.70. The van der Waals surface area contributed by atoms with Crippen LogP contribution in [0.3, 0.4) is 0 Å². The molecule has 0 aliphatic heterocycles. The number of rotatable bonds is 2. The third-order valence-electron chi connectivity index (χ3n) is 7.56. The van der Waals surface area contributed by atoms with Gasteiger partial charge in [0, 0.05) is 0 Å². The van der Waals surface area contributed by atoms with Gasteiger partial charge in [-0.3, -0.25) is 0 Å². The third-order valence-corrected chi connectivity index (χ3v) is 32.3. The molecule has 0 fully saturated rings.